The highest BCUT2D eigenvalue weighted by Gasteiger charge is 2.21. The number of aryl methyl sites for hydroxylation is 1. The average molecular weight is 395 g/mol. The van der Waals surface area contributed by atoms with Crippen LogP contribution < -0.4 is 0 Å². The van der Waals surface area contributed by atoms with Crippen molar-refractivity contribution in [2.24, 2.45) is 0 Å². The molecule has 1 saturated carbocycles. The maximum atomic E-state index is 12.5. The van der Waals surface area contributed by atoms with Gasteiger partial charge in [0.25, 0.3) is 0 Å². The van der Waals surface area contributed by atoms with Crippen LogP contribution in [0.25, 0.3) is 11.3 Å². The normalized spacial score (nSPS) is 15.7. The van der Waals surface area contributed by atoms with Crippen molar-refractivity contribution in [1.29, 1.82) is 0 Å². The summed E-state index contributed by atoms with van der Waals surface area (Å²) in [7, 11) is 1.92. The monoisotopic (exact) mass is 394 g/mol. The molecule has 2 aromatic rings. The van der Waals surface area contributed by atoms with Crippen molar-refractivity contribution >= 4 is 29.1 Å². The maximum absolute atomic E-state index is 12.5. The third-order valence-corrected chi connectivity index (χ3v) is 5.62. The lowest BCUT2D eigenvalue weighted by Crippen LogP contribution is -2.36. The smallest absolute Gasteiger partial charge is 0.223 e. The Morgan fingerprint density at radius 1 is 1.23 bits per heavy atom. The van der Waals surface area contributed by atoms with Gasteiger partial charge in [-0.1, -0.05) is 48.9 Å². The molecule has 1 aliphatic carbocycles. The highest BCUT2D eigenvalue weighted by Crippen LogP contribution is 2.31. The van der Waals surface area contributed by atoms with Crippen LogP contribution in [0, 0.1) is 0 Å². The van der Waals surface area contributed by atoms with E-state index in [4.69, 9.17) is 27.6 Å². The number of hydrogen-bond donors (Lipinski definition) is 0. The predicted octanol–water partition coefficient (Wildman–Crippen LogP) is 5.76. The van der Waals surface area contributed by atoms with Gasteiger partial charge in [-0.15, -0.1) is 0 Å². The SMILES string of the molecule is CN(C(=O)CCc1ncc(-c2ccc(Cl)cc2Cl)o1)C1CCCCCC1. The van der Waals surface area contributed by atoms with E-state index < -0.39 is 0 Å². The van der Waals surface area contributed by atoms with Crippen molar-refractivity contribution in [2.45, 2.75) is 57.4 Å². The van der Waals surface area contributed by atoms with Crippen molar-refractivity contribution in [2.75, 3.05) is 7.05 Å². The van der Waals surface area contributed by atoms with E-state index >= 15 is 0 Å². The molecule has 1 aromatic heterocycles. The summed E-state index contributed by atoms with van der Waals surface area (Å²) in [6.07, 6.45) is 9.75. The number of nitrogens with zero attached hydrogens (tertiary/aromatic N) is 2. The molecule has 0 atom stereocenters. The first kappa shape index (κ1) is 19.2. The number of oxazole rings is 1. The minimum atomic E-state index is 0.154. The van der Waals surface area contributed by atoms with Gasteiger partial charge >= 0.3 is 0 Å². The number of halogens is 2. The van der Waals surface area contributed by atoms with E-state index in [1.54, 1.807) is 24.4 Å². The van der Waals surface area contributed by atoms with E-state index in [-0.39, 0.29) is 5.91 Å². The number of amides is 1. The van der Waals surface area contributed by atoms with Gasteiger partial charge in [-0.05, 0) is 31.0 Å². The summed E-state index contributed by atoms with van der Waals surface area (Å²) in [6.45, 7) is 0. The van der Waals surface area contributed by atoms with Gasteiger partial charge in [0, 0.05) is 36.5 Å². The van der Waals surface area contributed by atoms with Crippen LogP contribution in [0.2, 0.25) is 10.0 Å². The van der Waals surface area contributed by atoms with Crippen LogP contribution in [0.4, 0.5) is 0 Å². The number of rotatable bonds is 5. The highest BCUT2D eigenvalue weighted by molar-refractivity contribution is 6.36. The number of benzene rings is 1. The first-order valence-electron chi connectivity index (χ1n) is 9.20. The summed E-state index contributed by atoms with van der Waals surface area (Å²) in [5, 5.41) is 1.09. The Kier molecular flexibility index (Phi) is 6.60. The topological polar surface area (TPSA) is 46.3 Å². The van der Waals surface area contributed by atoms with Gasteiger partial charge in [0.15, 0.2) is 11.7 Å². The third kappa shape index (κ3) is 4.80. The van der Waals surface area contributed by atoms with Crippen LogP contribution in [0.5, 0.6) is 0 Å². The molecule has 0 N–H and O–H groups in total. The summed E-state index contributed by atoms with van der Waals surface area (Å²) in [4.78, 5) is 18.7. The van der Waals surface area contributed by atoms with Gasteiger partial charge in [0.05, 0.1) is 11.2 Å². The molecule has 0 radical (unpaired) electrons. The molecule has 1 heterocycles. The van der Waals surface area contributed by atoms with Crippen molar-refractivity contribution in [1.82, 2.24) is 9.88 Å². The zero-order chi connectivity index (χ0) is 18.5. The van der Waals surface area contributed by atoms with Gasteiger partial charge in [0.1, 0.15) is 0 Å². The van der Waals surface area contributed by atoms with Crippen LogP contribution in [0.15, 0.2) is 28.8 Å². The molecule has 0 saturated heterocycles. The first-order chi connectivity index (χ1) is 12.5. The second-order valence-corrected chi connectivity index (χ2v) is 7.74. The van der Waals surface area contributed by atoms with E-state index in [0.717, 1.165) is 18.4 Å². The van der Waals surface area contributed by atoms with Crippen LogP contribution >= 0.6 is 23.2 Å². The lowest BCUT2D eigenvalue weighted by atomic mass is 10.1. The van der Waals surface area contributed by atoms with Crippen LogP contribution in [0.1, 0.15) is 50.8 Å². The quantitative estimate of drug-likeness (QED) is 0.605. The molecule has 1 amide bonds. The Balaban J connectivity index is 1.58. The van der Waals surface area contributed by atoms with E-state index in [1.807, 2.05) is 11.9 Å². The Labute approximate surface area is 164 Å². The average Bonchev–Trinajstić information content (AvgIpc) is 2.91. The molecular weight excluding hydrogens is 371 g/mol. The molecule has 0 spiro atoms. The second kappa shape index (κ2) is 8.92. The van der Waals surface area contributed by atoms with E-state index in [2.05, 4.69) is 4.98 Å². The lowest BCUT2D eigenvalue weighted by Gasteiger charge is -2.27. The fourth-order valence-electron chi connectivity index (χ4n) is 3.48. The van der Waals surface area contributed by atoms with Crippen LogP contribution in [-0.2, 0) is 11.2 Å². The molecule has 1 fully saturated rings. The van der Waals surface area contributed by atoms with Gasteiger partial charge in [0.2, 0.25) is 5.91 Å². The van der Waals surface area contributed by atoms with Crippen molar-refractivity contribution in [3.63, 3.8) is 0 Å². The number of aromatic nitrogens is 1. The summed E-state index contributed by atoms with van der Waals surface area (Å²) in [5.41, 5.74) is 0.747. The van der Waals surface area contributed by atoms with Crippen molar-refractivity contribution in [3.8, 4) is 11.3 Å². The van der Waals surface area contributed by atoms with E-state index in [0.29, 0.717) is 40.6 Å². The molecule has 0 bridgehead atoms. The van der Waals surface area contributed by atoms with Gasteiger partial charge in [-0.25, -0.2) is 4.98 Å². The summed E-state index contributed by atoms with van der Waals surface area (Å²) < 4.78 is 5.78. The standard InChI is InChI=1S/C20H24Cl2N2O2/c1-24(15-6-4-2-3-5-7-15)20(25)11-10-19-23-13-18(26-19)16-9-8-14(21)12-17(16)22/h8-9,12-13,15H,2-7,10-11H2,1H3. The first-order valence-corrected chi connectivity index (χ1v) is 9.96. The summed E-state index contributed by atoms with van der Waals surface area (Å²) in [5.74, 6) is 1.29. The predicted molar refractivity (Wildman–Crippen MR) is 105 cm³/mol. The molecule has 140 valence electrons. The molecule has 0 unspecified atom stereocenters. The molecular formula is C20H24Cl2N2O2. The minimum Gasteiger partial charge on any atom is -0.441 e. The van der Waals surface area contributed by atoms with Crippen LogP contribution in [0.3, 0.4) is 0 Å². The molecule has 4 nitrogen and oxygen atoms in total. The Morgan fingerprint density at radius 3 is 2.65 bits per heavy atom. The summed E-state index contributed by atoms with van der Waals surface area (Å²) >= 11 is 12.1. The van der Waals surface area contributed by atoms with Gasteiger partial charge < -0.3 is 9.32 Å². The fraction of sp³-hybridized carbons (Fsp3) is 0.500. The Morgan fingerprint density at radius 2 is 1.96 bits per heavy atom. The number of hydrogen-bond acceptors (Lipinski definition) is 3. The highest BCUT2D eigenvalue weighted by atomic mass is 35.5. The Hall–Kier alpha value is -1.52. The zero-order valence-electron chi connectivity index (χ0n) is 15.0. The van der Waals surface area contributed by atoms with Crippen LogP contribution in [-0.4, -0.2) is 28.9 Å². The number of carbonyl (C=O) groups excluding carboxylic acids is 1. The largest absolute Gasteiger partial charge is 0.441 e. The maximum Gasteiger partial charge on any atom is 0.223 e. The van der Waals surface area contributed by atoms with Gasteiger partial charge in [-0.2, -0.15) is 0 Å². The Bertz CT molecular complexity index is 752. The summed E-state index contributed by atoms with van der Waals surface area (Å²) in [6, 6.07) is 5.61. The molecule has 0 aliphatic heterocycles. The molecule has 1 aliphatic rings. The van der Waals surface area contributed by atoms with E-state index in [9.17, 15) is 4.79 Å². The molecule has 1 aromatic carbocycles. The third-order valence-electron chi connectivity index (χ3n) is 5.07. The molecule has 6 heteroatoms. The zero-order valence-corrected chi connectivity index (χ0v) is 16.5. The molecule has 3 rings (SSSR count). The number of carbonyl (C=O) groups is 1. The van der Waals surface area contributed by atoms with Crippen molar-refractivity contribution in [3.05, 3.63) is 40.3 Å². The minimum absolute atomic E-state index is 0.154. The molecule has 26 heavy (non-hydrogen) atoms. The van der Waals surface area contributed by atoms with E-state index in [1.165, 1.54) is 25.7 Å². The second-order valence-electron chi connectivity index (χ2n) is 6.89. The van der Waals surface area contributed by atoms with Gasteiger partial charge in [-0.3, -0.25) is 4.79 Å². The fourth-order valence-corrected chi connectivity index (χ4v) is 3.98. The van der Waals surface area contributed by atoms with Crippen molar-refractivity contribution < 1.29 is 9.21 Å². The lowest BCUT2D eigenvalue weighted by molar-refractivity contribution is -0.132.